The Bertz CT molecular complexity index is 399. The summed E-state index contributed by atoms with van der Waals surface area (Å²) >= 11 is 0. The van der Waals surface area contributed by atoms with E-state index in [0.29, 0.717) is 12.6 Å². The van der Waals surface area contributed by atoms with Crippen molar-refractivity contribution in [1.29, 1.82) is 0 Å². The van der Waals surface area contributed by atoms with E-state index in [0.717, 1.165) is 31.7 Å². The minimum Gasteiger partial charge on any atom is -0.455 e. The lowest BCUT2D eigenvalue weighted by Gasteiger charge is -2.30. The molecule has 0 radical (unpaired) electrons. The average molecular weight is 252 g/mol. The Morgan fingerprint density at radius 2 is 2.28 bits per heavy atom. The molecule has 4 N–H and O–H groups in total. The normalized spacial score (nSPS) is 17.1. The van der Waals surface area contributed by atoms with Crippen molar-refractivity contribution in [2.45, 2.75) is 25.4 Å². The zero-order valence-electron chi connectivity index (χ0n) is 10.6. The lowest BCUT2D eigenvalue weighted by atomic mass is 10.1. The molecular formula is C12H20N4O2. The van der Waals surface area contributed by atoms with Crippen LogP contribution >= 0.6 is 0 Å². The summed E-state index contributed by atoms with van der Waals surface area (Å²) in [6.45, 7) is 2.84. The number of rotatable bonds is 4. The summed E-state index contributed by atoms with van der Waals surface area (Å²) in [5, 5.41) is 3.34. The van der Waals surface area contributed by atoms with E-state index in [4.69, 9.17) is 10.3 Å². The van der Waals surface area contributed by atoms with Crippen molar-refractivity contribution in [3.8, 4) is 0 Å². The van der Waals surface area contributed by atoms with Gasteiger partial charge in [-0.1, -0.05) is 0 Å². The van der Waals surface area contributed by atoms with Gasteiger partial charge in [-0.05, 0) is 45.1 Å². The van der Waals surface area contributed by atoms with Crippen molar-refractivity contribution in [1.82, 2.24) is 15.6 Å². The average Bonchev–Trinajstić information content (AvgIpc) is 2.87. The highest BCUT2D eigenvalue weighted by Gasteiger charge is 2.19. The standard InChI is InChI=1S/C12H20N4O2/c1-16(9-4-6-14-7-5-9)8-10-2-3-11(18-10)12(17)15-13/h2-3,9,14H,4-8,13H2,1H3,(H,15,17). The zero-order chi connectivity index (χ0) is 13.0. The first-order valence-corrected chi connectivity index (χ1v) is 6.21. The number of hydrogen-bond acceptors (Lipinski definition) is 5. The van der Waals surface area contributed by atoms with E-state index in [2.05, 4.69) is 22.7 Å². The number of carbonyl (C=O) groups is 1. The number of nitrogens with zero attached hydrogens (tertiary/aromatic N) is 1. The van der Waals surface area contributed by atoms with E-state index in [1.165, 1.54) is 0 Å². The summed E-state index contributed by atoms with van der Waals surface area (Å²) in [6.07, 6.45) is 2.29. The Labute approximate surface area is 106 Å². The van der Waals surface area contributed by atoms with Gasteiger partial charge in [-0.25, -0.2) is 5.84 Å². The highest BCUT2D eigenvalue weighted by Crippen LogP contribution is 2.15. The molecule has 1 aromatic heterocycles. The second-order valence-corrected chi connectivity index (χ2v) is 4.64. The molecule has 0 unspecified atom stereocenters. The van der Waals surface area contributed by atoms with Gasteiger partial charge >= 0.3 is 5.91 Å². The van der Waals surface area contributed by atoms with Crippen molar-refractivity contribution >= 4 is 5.91 Å². The molecule has 0 atom stereocenters. The van der Waals surface area contributed by atoms with Crippen LogP contribution in [0, 0.1) is 0 Å². The predicted molar refractivity (Wildman–Crippen MR) is 67.7 cm³/mol. The number of nitrogens with one attached hydrogen (secondary N) is 2. The van der Waals surface area contributed by atoms with Gasteiger partial charge in [0.05, 0.1) is 6.54 Å². The molecule has 6 nitrogen and oxygen atoms in total. The van der Waals surface area contributed by atoms with Gasteiger partial charge in [-0.15, -0.1) is 0 Å². The number of hydrazine groups is 1. The van der Waals surface area contributed by atoms with Crippen molar-refractivity contribution in [3.63, 3.8) is 0 Å². The number of nitrogen functional groups attached to an aromatic ring is 1. The second-order valence-electron chi connectivity index (χ2n) is 4.64. The molecule has 2 rings (SSSR count). The number of nitrogens with two attached hydrogens (primary N) is 1. The second kappa shape index (κ2) is 5.99. The van der Waals surface area contributed by atoms with E-state index in [-0.39, 0.29) is 5.76 Å². The highest BCUT2D eigenvalue weighted by atomic mass is 16.4. The zero-order valence-corrected chi connectivity index (χ0v) is 10.6. The molecule has 0 aliphatic carbocycles. The molecule has 2 heterocycles. The van der Waals surface area contributed by atoms with Gasteiger partial charge in [0.15, 0.2) is 5.76 Å². The lowest BCUT2D eigenvalue weighted by molar-refractivity contribution is 0.0921. The molecule has 1 aliphatic heterocycles. The van der Waals surface area contributed by atoms with Crippen molar-refractivity contribution in [3.05, 3.63) is 23.7 Å². The molecule has 1 aromatic rings. The molecule has 1 fully saturated rings. The highest BCUT2D eigenvalue weighted by molar-refractivity contribution is 5.90. The molecule has 1 amide bonds. The van der Waals surface area contributed by atoms with Crippen LogP contribution in [0.3, 0.4) is 0 Å². The molecule has 1 saturated heterocycles. The van der Waals surface area contributed by atoms with Gasteiger partial charge < -0.3 is 9.73 Å². The van der Waals surface area contributed by atoms with Crippen molar-refractivity contribution in [2.75, 3.05) is 20.1 Å². The quantitative estimate of drug-likeness (QED) is 0.401. The van der Waals surface area contributed by atoms with E-state index in [1.54, 1.807) is 6.07 Å². The molecule has 18 heavy (non-hydrogen) atoms. The monoisotopic (exact) mass is 252 g/mol. The maximum atomic E-state index is 11.3. The number of hydrogen-bond donors (Lipinski definition) is 3. The van der Waals surface area contributed by atoms with Crippen LogP contribution in [0.25, 0.3) is 0 Å². The predicted octanol–water partition coefficient (Wildman–Crippen LogP) is 0.0669. The van der Waals surface area contributed by atoms with Crippen LogP contribution in [0.4, 0.5) is 0 Å². The van der Waals surface area contributed by atoms with Gasteiger partial charge in [0.2, 0.25) is 0 Å². The minimum absolute atomic E-state index is 0.256. The van der Waals surface area contributed by atoms with Crippen LogP contribution < -0.4 is 16.6 Å². The van der Waals surface area contributed by atoms with Crippen LogP contribution in [-0.2, 0) is 6.54 Å². The first-order valence-electron chi connectivity index (χ1n) is 6.21. The Morgan fingerprint density at radius 1 is 1.56 bits per heavy atom. The largest absolute Gasteiger partial charge is 0.455 e. The third-order valence-corrected chi connectivity index (χ3v) is 3.35. The molecule has 100 valence electrons. The lowest BCUT2D eigenvalue weighted by Crippen LogP contribution is -2.40. The summed E-state index contributed by atoms with van der Waals surface area (Å²) < 4.78 is 5.45. The fraction of sp³-hybridized carbons (Fsp3) is 0.583. The van der Waals surface area contributed by atoms with Gasteiger partial charge in [-0.3, -0.25) is 15.1 Å². The SMILES string of the molecule is CN(Cc1ccc(C(=O)NN)o1)C1CCNCC1. The molecule has 1 aliphatic rings. The van der Waals surface area contributed by atoms with E-state index in [9.17, 15) is 4.79 Å². The van der Waals surface area contributed by atoms with E-state index in [1.807, 2.05) is 6.07 Å². The van der Waals surface area contributed by atoms with Gasteiger partial charge in [0, 0.05) is 6.04 Å². The number of amides is 1. The third-order valence-electron chi connectivity index (χ3n) is 3.35. The van der Waals surface area contributed by atoms with Gasteiger partial charge in [0.25, 0.3) is 0 Å². The maximum absolute atomic E-state index is 11.3. The Balaban J connectivity index is 1.92. The molecular weight excluding hydrogens is 232 g/mol. The van der Waals surface area contributed by atoms with E-state index >= 15 is 0 Å². The summed E-state index contributed by atoms with van der Waals surface area (Å²) in [5.74, 6) is 5.70. The number of furan rings is 1. The summed E-state index contributed by atoms with van der Waals surface area (Å²) in [4.78, 5) is 13.5. The Morgan fingerprint density at radius 3 is 2.94 bits per heavy atom. The van der Waals surface area contributed by atoms with Crippen molar-refractivity contribution < 1.29 is 9.21 Å². The molecule has 0 bridgehead atoms. The first-order chi connectivity index (χ1) is 8.70. The molecule has 6 heteroatoms. The van der Waals surface area contributed by atoms with Gasteiger partial charge in [-0.2, -0.15) is 0 Å². The van der Waals surface area contributed by atoms with Crippen LogP contribution in [0.2, 0.25) is 0 Å². The van der Waals surface area contributed by atoms with Crippen LogP contribution in [0.15, 0.2) is 16.5 Å². The summed E-state index contributed by atoms with van der Waals surface area (Å²) in [5.41, 5.74) is 2.06. The smallest absolute Gasteiger partial charge is 0.300 e. The third kappa shape index (κ3) is 3.10. The Hall–Kier alpha value is -1.37. The van der Waals surface area contributed by atoms with Crippen LogP contribution in [0.1, 0.15) is 29.2 Å². The molecule has 0 aromatic carbocycles. The maximum Gasteiger partial charge on any atom is 0.300 e. The van der Waals surface area contributed by atoms with Crippen molar-refractivity contribution in [2.24, 2.45) is 5.84 Å². The summed E-state index contributed by atoms with van der Waals surface area (Å²) in [7, 11) is 2.08. The number of carbonyl (C=O) groups excluding carboxylic acids is 1. The van der Waals surface area contributed by atoms with Crippen LogP contribution in [0.5, 0.6) is 0 Å². The minimum atomic E-state index is -0.397. The fourth-order valence-electron chi connectivity index (χ4n) is 2.28. The van der Waals surface area contributed by atoms with Crippen LogP contribution in [-0.4, -0.2) is 37.0 Å². The molecule has 0 saturated carbocycles. The topological polar surface area (TPSA) is 83.5 Å². The number of piperidine rings is 1. The molecule has 0 spiro atoms. The van der Waals surface area contributed by atoms with E-state index < -0.39 is 5.91 Å². The fourth-order valence-corrected chi connectivity index (χ4v) is 2.28. The summed E-state index contributed by atoms with van der Waals surface area (Å²) in [6, 6.07) is 4.04. The Kier molecular flexibility index (Phi) is 4.35. The first kappa shape index (κ1) is 13.1. The van der Waals surface area contributed by atoms with Gasteiger partial charge in [0.1, 0.15) is 5.76 Å².